The zero-order valence-corrected chi connectivity index (χ0v) is 44.7. The molecule has 0 aliphatic heterocycles. The van der Waals surface area contributed by atoms with Gasteiger partial charge in [0.1, 0.15) is 39.8 Å². The van der Waals surface area contributed by atoms with Gasteiger partial charge in [-0.3, -0.25) is 24.0 Å². The predicted molar refractivity (Wildman–Crippen MR) is 275 cm³/mol. The van der Waals surface area contributed by atoms with Gasteiger partial charge in [-0.2, -0.15) is 0 Å². The van der Waals surface area contributed by atoms with E-state index in [1.54, 1.807) is 0 Å². The molecule has 0 aromatic heterocycles. The van der Waals surface area contributed by atoms with E-state index in [0.29, 0.717) is 109 Å². The first-order chi connectivity index (χ1) is 34.2. The zero-order chi connectivity index (χ0) is 52.0. The molecule has 15 heteroatoms. The summed E-state index contributed by atoms with van der Waals surface area (Å²) in [5, 5.41) is 19.4. The number of hydrogen-bond acceptors (Lipinski definition) is 9. The summed E-state index contributed by atoms with van der Waals surface area (Å²) in [6.45, 7) is 12.5. The molecule has 6 aliphatic carbocycles. The lowest BCUT2D eigenvalue weighted by Gasteiger charge is -2.49. The van der Waals surface area contributed by atoms with Gasteiger partial charge in [0.05, 0.1) is 7.11 Å². The minimum atomic E-state index is -1.41. The first kappa shape index (κ1) is 55.1. The van der Waals surface area contributed by atoms with Crippen LogP contribution < -0.4 is 31.9 Å². The lowest BCUT2D eigenvalue weighted by Crippen LogP contribution is -2.74. The summed E-state index contributed by atoms with van der Waals surface area (Å²) < 4.78 is 11.0. The number of rotatable bonds is 14. The SMILES string of the molecule is COC(=O)[C@]1(NC(=O)[C@]2(NC(=O)[C@]3(NC(=O)[C@]4(NC(=O)[C@]5(NC(=O)[C@]6(NC(=O)OCc7ccccc7)CCC[C@@H](C)C6)CCC[C@@H](C)C5)CCC[C@@H](C)C4)CCC[C@@H](C)C3)CCC[C@@H](C)C2)CCC[C@@H](C)C1. The van der Waals surface area contributed by atoms with Crippen LogP contribution in [0.1, 0.15) is 201 Å². The quantitative estimate of drug-likeness (QED) is 0.0988. The van der Waals surface area contributed by atoms with Crippen LogP contribution in [0.4, 0.5) is 4.79 Å². The first-order valence-electron chi connectivity index (χ1n) is 27.9. The molecule has 15 nitrogen and oxygen atoms in total. The van der Waals surface area contributed by atoms with Gasteiger partial charge in [0.15, 0.2) is 0 Å². The van der Waals surface area contributed by atoms with Crippen molar-refractivity contribution in [2.24, 2.45) is 35.5 Å². The molecule has 72 heavy (non-hydrogen) atoms. The smallest absolute Gasteiger partial charge is 0.408 e. The van der Waals surface area contributed by atoms with Crippen LogP contribution >= 0.6 is 0 Å². The van der Waals surface area contributed by atoms with Gasteiger partial charge in [0.2, 0.25) is 29.5 Å². The Hall–Kier alpha value is -4.69. The molecule has 12 atom stereocenters. The van der Waals surface area contributed by atoms with E-state index in [1.807, 2.05) is 30.3 Å². The minimum absolute atomic E-state index is 0.0424. The average Bonchev–Trinajstić information content (AvgIpc) is 3.33. The summed E-state index contributed by atoms with van der Waals surface area (Å²) in [6.07, 6.45) is 13.3. The van der Waals surface area contributed by atoms with Crippen molar-refractivity contribution in [2.75, 3.05) is 7.11 Å². The molecule has 400 valence electrons. The molecule has 0 spiro atoms. The van der Waals surface area contributed by atoms with E-state index < -0.39 is 74.8 Å². The number of ether oxygens (including phenoxy) is 2. The number of benzene rings is 1. The second kappa shape index (κ2) is 22.8. The fourth-order valence-corrected chi connectivity index (χ4v) is 14.4. The Balaban J connectivity index is 1.16. The topological polar surface area (TPSA) is 210 Å². The van der Waals surface area contributed by atoms with Crippen LogP contribution in [-0.4, -0.2) is 81.9 Å². The van der Waals surface area contributed by atoms with Crippen LogP contribution in [-0.2, 0) is 44.8 Å². The monoisotopic (exact) mass is 1000 g/mol. The van der Waals surface area contributed by atoms with Crippen LogP contribution in [0.2, 0.25) is 0 Å². The molecule has 6 amide bonds. The highest BCUT2D eigenvalue weighted by Gasteiger charge is 2.57. The van der Waals surface area contributed by atoms with Gasteiger partial charge >= 0.3 is 12.1 Å². The fraction of sp³-hybridized carbons (Fsp3) is 0.772. The highest BCUT2D eigenvalue weighted by Crippen LogP contribution is 2.42. The molecule has 0 unspecified atom stereocenters. The van der Waals surface area contributed by atoms with Crippen LogP contribution in [0, 0.1) is 35.5 Å². The highest BCUT2D eigenvalue weighted by molar-refractivity contribution is 6.02. The molecule has 1 aromatic rings. The zero-order valence-electron chi connectivity index (χ0n) is 44.7. The fourth-order valence-electron chi connectivity index (χ4n) is 14.4. The molecule has 1 aromatic carbocycles. The van der Waals surface area contributed by atoms with Crippen LogP contribution in [0.15, 0.2) is 30.3 Å². The van der Waals surface area contributed by atoms with Gasteiger partial charge in [0.25, 0.3) is 0 Å². The molecule has 0 radical (unpaired) electrons. The maximum absolute atomic E-state index is 15.6. The first-order valence-corrected chi connectivity index (χ1v) is 27.9. The third-order valence-corrected chi connectivity index (χ3v) is 18.1. The summed E-state index contributed by atoms with van der Waals surface area (Å²) in [5.41, 5.74) is -7.21. The third kappa shape index (κ3) is 12.3. The number of methoxy groups -OCH3 is 1. The largest absolute Gasteiger partial charge is 0.467 e. The number of nitrogens with one attached hydrogen (secondary N) is 6. The Morgan fingerprint density at radius 2 is 0.681 bits per heavy atom. The Morgan fingerprint density at radius 1 is 0.417 bits per heavy atom. The number of alkyl carbamates (subject to hydrolysis) is 1. The van der Waals surface area contributed by atoms with Crippen molar-refractivity contribution in [1.29, 1.82) is 0 Å². The minimum Gasteiger partial charge on any atom is -0.467 e. The second-order valence-electron chi connectivity index (χ2n) is 24.7. The number of hydrogen-bond donors (Lipinski definition) is 6. The van der Waals surface area contributed by atoms with Gasteiger partial charge in [-0.15, -0.1) is 0 Å². The second-order valence-corrected chi connectivity index (χ2v) is 24.7. The van der Waals surface area contributed by atoms with E-state index in [1.165, 1.54) is 7.11 Å². The van der Waals surface area contributed by atoms with Gasteiger partial charge in [0, 0.05) is 0 Å². The molecule has 0 heterocycles. The van der Waals surface area contributed by atoms with Crippen molar-refractivity contribution in [3.63, 3.8) is 0 Å². The number of carbonyl (C=O) groups is 7. The summed E-state index contributed by atoms with van der Waals surface area (Å²) in [4.78, 5) is 104. The average molecular weight is 1000 g/mol. The lowest BCUT2D eigenvalue weighted by atomic mass is 9.70. The molecule has 7 rings (SSSR count). The van der Waals surface area contributed by atoms with Gasteiger partial charge in [-0.25, -0.2) is 9.59 Å². The number of carbonyl (C=O) groups excluding carboxylic acids is 7. The highest BCUT2D eigenvalue weighted by atomic mass is 16.5. The predicted octanol–water partition coefficient (Wildman–Crippen LogP) is 8.36. The van der Waals surface area contributed by atoms with E-state index in [4.69, 9.17) is 9.47 Å². The van der Waals surface area contributed by atoms with E-state index in [-0.39, 0.29) is 42.1 Å². The summed E-state index contributed by atoms with van der Waals surface area (Å²) in [6, 6.07) is 9.36. The van der Waals surface area contributed by atoms with E-state index in [9.17, 15) is 14.4 Å². The van der Waals surface area contributed by atoms with Crippen molar-refractivity contribution < 1.29 is 43.0 Å². The molecule has 6 saturated carbocycles. The molecule has 0 saturated heterocycles. The number of amides is 6. The summed E-state index contributed by atoms with van der Waals surface area (Å²) in [7, 11) is 1.35. The van der Waals surface area contributed by atoms with Crippen molar-refractivity contribution in [1.82, 2.24) is 31.9 Å². The molecular formula is C57H88N6O9. The Kier molecular flexibility index (Phi) is 17.5. The Morgan fingerprint density at radius 3 is 0.972 bits per heavy atom. The van der Waals surface area contributed by atoms with Crippen molar-refractivity contribution in [3.8, 4) is 0 Å². The Bertz CT molecular complexity index is 2140. The van der Waals surface area contributed by atoms with Crippen molar-refractivity contribution >= 4 is 41.6 Å². The van der Waals surface area contributed by atoms with Crippen molar-refractivity contribution in [2.45, 2.75) is 235 Å². The maximum atomic E-state index is 15.6. The summed E-state index contributed by atoms with van der Waals surface area (Å²) in [5.74, 6) is -1.95. The summed E-state index contributed by atoms with van der Waals surface area (Å²) >= 11 is 0. The van der Waals surface area contributed by atoms with Crippen LogP contribution in [0.5, 0.6) is 0 Å². The van der Waals surface area contributed by atoms with Crippen LogP contribution in [0.25, 0.3) is 0 Å². The molecule has 6 fully saturated rings. The van der Waals surface area contributed by atoms with Gasteiger partial charge < -0.3 is 41.4 Å². The van der Waals surface area contributed by atoms with Crippen LogP contribution in [0.3, 0.4) is 0 Å². The Labute approximate surface area is 429 Å². The van der Waals surface area contributed by atoms with Gasteiger partial charge in [-0.1, -0.05) is 149 Å². The van der Waals surface area contributed by atoms with Crippen molar-refractivity contribution in [3.05, 3.63) is 35.9 Å². The van der Waals surface area contributed by atoms with E-state index in [2.05, 4.69) is 73.4 Å². The normalized spacial score (nSPS) is 37.1. The molecule has 6 N–H and O–H groups in total. The maximum Gasteiger partial charge on any atom is 0.408 e. The molecule has 0 bridgehead atoms. The molecule has 6 aliphatic rings. The molecular weight excluding hydrogens is 913 g/mol. The third-order valence-electron chi connectivity index (χ3n) is 18.1. The lowest BCUT2D eigenvalue weighted by molar-refractivity contribution is -0.155. The van der Waals surface area contributed by atoms with E-state index in [0.717, 1.165) is 50.5 Å². The van der Waals surface area contributed by atoms with E-state index >= 15 is 19.2 Å². The van der Waals surface area contributed by atoms with Gasteiger partial charge in [-0.05, 0) is 118 Å². The number of esters is 1. The standard InChI is InChI=1S/C57H88N6O9/c1-38-17-11-25-52(31-38,59-47(66)54(27-13-19-40(3)33-54)61-49(68)56(29-15-21-42(5)35-56)63-51(70)72-37-44-23-9-8-10-24-44)45(64)58-53(26-12-18-39(2)32-53)46(65)60-55(28-14-20-41(4)34-55)48(67)62-57(50(69)71-7)30-16-22-43(6)36-57/h8-10,23-24,38-43H,11-22,25-37H2,1-7H3,(H,58,64)(H,59,66)(H,60,65)(H,61,68)(H,62,67)(H,63,70)/t38-,39-,40-,41-,42-,43-,52+,53+,54+,55+,56+,57+/m1/s1.